The SMILES string of the molecule is CC(C)CCOc1cccc(NCCOc2ccccc2Cl)c1. The molecule has 0 unspecified atom stereocenters. The predicted molar refractivity (Wildman–Crippen MR) is 96.8 cm³/mol. The molecule has 0 amide bonds. The number of halogens is 1. The van der Waals surface area contributed by atoms with E-state index in [9.17, 15) is 0 Å². The molecule has 0 saturated carbocycles. The minimum absolute atomic E-state index is 0.544. The lowest BCUT2D eigenvalue weighted by Gasteiger charge is -2.12. The first-order valence-corrected chi connectivity index (χ1v) is 8.37. The lowest BCUT2D eigenvalue weighted by Crippen LogP contribution is -2.11. The van der Waals surface area contributed by atoms with Crippen molar-refractivity contribution in [1.82, 2.24) is 0 Å². The topological polar surface area (TPSA) is 30.5 Å². The average molecular weight is 334 g/mol. The summed E-state index contributed by atoms with van der Waals surface area (Å²) in [5.74, 6) is 2.25. The Morgan fingerprint density at radius 2 is 1.83 bits per heavy atom. The monoisotopic (exact) mass is 333 g/mol. The van der Waals surface area contributed by atoms with Gasteiger partial charge in [0.25, 0.3) is 0 Å². The van der Waals surface area contributed by atoms with Crippen molar-refractivity contribution in [3.63, 3.8) is 0 Å². The maximum Gasteiger partial charge on any atom is 0.137 e. The van der Waals surface area contributed by atoms with Gasteiger partial charge in [0.2, 0.25) is 0 Å². The van der Waals surface area contributed by atoms with Gasteiger partial charge in [-0.1, -0.05) is 43.6 Å². The summed E-state index contributed by atoms with van der Waals surface area (Å²) in [5.41, 5.74) is 1.02. The lowest BCUT2D eigenvalue weighted by atomic mass is 10.1. The number of hydrogen-bond acceptors (Lipinski definition) is 3. The molecule has 2 aromatic rings. The van der Waals surface area contributed by atoms with Crippen LogP contribution in [0.5, 0.6) is 11.5 Å². The van der Waals surface area contributed by atoms with Crippen molar-refractivity contribution in [1.29, 1.82) is 0 Å². The third-order valence-corrected chi connectivity index (χ3v) is 3.64. The number of nitrogens with one attached hydrogen (secondary N) is 1. The van der Waals surface area contributed by atoms with Crippen LogP contribution >= 0.6 is 11.6 Å². The van der Waals surface area contributed by atoms with Crippen LogP contribution in [-0.4, -0.2) is 19.8 Å². The fraction of sp³-hybridized carbons (Fsp3) is 0.368. The van der Waals surface area contributed by atoms with Crippen molar-refractivity contribution in [3.8, 4) is 11.5 Å². The Morgan fingerprint density at radius 3 is 2.61 bits per heavy atom. The van der Waals surface area contributed by atoms with E-state index in [2.05, 4.69) is 19.2 Å². The van der Waals surface area contributed by atoms with Gasteiger partial charge < -0.3 is 14.8 Å². The number of ether oxygens (including phenoxy) is 2. The van der Waals surface area contributed by atoms with E-state index < -0.39 is 0 Å². The normalized spacial score (nSPS) is 10.6. The van der Waals surface area contributed by atoms with E-state index in [1.165, 1.54) is 0 Å². The molecule has 2 rings (SSSR count). The van der Waals surface area contributed by atoms with Gasteiger partial charge in [0, 0.05) is 18.3 Å². The fourth-order valence-corrected chi connectivity index (χ4v) is 2.22. The molecule has 0 heterocycles. The van der Waals surface area contributed by atoms with Gasteiger partial charge >= 0.3 is 0 Å². The molecule has 0 aromatic heterocycles. The summed E-state index contributed by atoms with van der Waals surface area (Å²) in [6.45, 7) is 6.38. The second kappa shape index (κ2) is 9.31. The van der Waals surface area contributed by atoms with Crippen LogP contribution in [-0.2, 0) is 0 Å². The molecule has 1 N–H and O–H groups in total. The van der Waals surface area contributed by atoms with Gasteiger partial charge in [0.05, 0.1) is 11.6 Å². The number of rotatable bonds is 9. The summed E-state index contributed by atoms with van der Waals surface area (Å²) in [6, 6.07) is 15.5. The molecular weight excluding hydrogens is 310 g/mol. The van der Waals surface area contributed by atoms with Crippen molar-refractivity contribution < 1.29 is 9.47 Å². The Hall–Kier alpha value is -1.87. The average Bonchev–Trinajstić information content (AvgIpc) is 2.53. The van der Waals surface area contributed by atoms with Crippen molar-refractivity contribution >= 4 is 17.3 Å². The molecule has 0 aliphatic heterocycles. The highest BCUT2D eigenvalue weighted by molar-refractivity contribution is 6.32. The second-order valence-corrected chi connectivity index (χ2v) is 6.17. The maximum atomic E-state index is 6.05. The van der Waals surface area contributed by atoms with Crippen LogP contribution in [0, 0.1) is 5.92 Å². The van der Waals surface area contributed by atoms with E-state index in [1.807, 2.05) is 48.5 Å². The highest BCUT2D eigenvalue weighted by atomic mass is 35.5. The zero-order valence-electron chi connectivity index (χ0n) is 13.7. The minimum atomic E-state index is 0.544. The van der Waals surface area contributed by atoms with Crippen LogP contribution in [0.4, 0.5) is 5.69 Å². The van der Waals surface area contributed by atoms with E-state index in [0.717, 1.165) is 24.5 Å². The predicted octanol–water partition coefficient (Wildman–Crippen LogP) is 5.26. The van der Waals surface area contributed by atoms with E-state index in [4.69, 9.17) is 21.1 Å². The van der Waals surface area contributed by atoms with Crippen molar-refractivity contribution in [2.24, 2.45) is 5.92 Å². The van der Waals surface area contributed by atoms with Gasteiger partial charge in [-0.25, -0.2) is 0 Å². The third-order valence-electron chi connectivity index (χ3n) is 3.32. The van der Waals surface area contributed by atoms with E-state index in [1.54, 1.807) is 0 Å². The van der Waals surface area contributed by atoms with Gasteiger partial charge in [-0.2, -0.15) is 0 Å². The Morgan fingerprint density at radius 1 is 1.00 bits per heavy atom. The molecule has 0 aliphatic rings. The number of anilines is 1. The molecule has 0 saturated heterocycles. The number of para-hydroxylation sites is 1. The summed E-state index contributed by atoms with van der Waals surface area (Å²) in [6.07, 6.45) is 1.06. The number of benzene rings is 2. The Balaban J connectivity index is 1.74. The highest BCUT2D eigenvalue weighted by Gasteiger charge is 2.01. The van der Waals surface area contributed by atoms with Gasteiger partial charge in [-0.15, -0.1) is 0 Å². The molecular formula is C19H24ClNO2. The molecule has 4 heteroatoms. The van der Waals surface area contributed by atoms with Gasteiger partial charge in [0.15, 0.2) is 0 Å². The van der Waals surface area contributed by atoms with Gasteiger partial charge in [0.1, 0.15) is 18.1 Å². The van der Waals surface area contributed by atoms with Crippen LogP contribution in [0.3, 0.4) is 0 Å². The molecule has 0 bridgehead atoms. The molecule has 0 fully saturated rings. The summed E-state index contributed by atoms with van der Waals surface area (Å²) >= 11 is 6.05. The molecule has 23 heavy (non-hydrogen) atoms. The van der Waals surface area contributed by atoms with Gasteiger partial charge in [-0.05, 0) is 36.6 Å². The first-order chi connectivity index (χ1) is 11.1. The van der Waals surface area contributed by atoms with E-state index >= 15 is 0 Å². The molecule has 2 aromatic carbocycles. The second-order valence-electron chi connectivity index (χ2n) is 5.76. The highest BCUT2D eigenvalue weighted by Crippen LogP contribution is 2.23. The van der Waals surface area contributed by atoms with Gasteiger partial charge in [-0.3, -0.25) is 0 Å². The standard InChI is InChI=1S/C19H24ClNO2/c1-15(2)10-12-22-17-7-5-6-16(14-17)21-11-13-23-19-9-4-3-8-18(19)20/h3-9,14-15,21H,10-13H2,1-2H3. The van der Waals surface area contributed by atoms with E-state index in [0.29, 0.717) is 29.8 Å². The Bertz CT molecular complexity index is 601. The Labute approximate surface area is 143 Å². The lowest BCUT2D eigenvalue weighted by molar-refractivity contribution is 0.289. The van der Waals surface area contributed by atoms with Crippen molar-refractivity contribution in [2.75, 3.05) is 25.1 Å². The zero-order chi connectivity index (χ0) is 16.5. The van der Waals surface area contributed by atoms with Crippen molar-refractivity contribution in [3.05, 3.63) is 53.6 Å². The van der Waals surface area contributed by atoms with Crippen LogP contribution < -0.4 is 14.8 Å². The molecule has 0 aliphatic carbocycles. The smallest absolute Gasteiger partial charge is 0.137 e. The molecule has 3 nitrogen and oxygen atoms in total. The zero-order valence-corrected chi connectivity index (χ0v) is 14.5. The quantitative estimate of drug-likeness (QED) is 0.635. The summed E-state index contributed by atoms with van der Waals surface area (Å²) in [4.78, 5) is 0. The largest absolute Gasteiger partial charge is 0.494 e. The first kappa shape index (κ1) is 17.5. The van der Waals surface area contributed by atoms with Crippen LogP contribution in [0.2, 0.25) is 5.02 Å². The molecule has 0 atom stereocenters. The van der Waals surface area contributed by atoms with Crippen LogP contribution in [0.15, 0.2) is 48.5 Å². The van der Waals surface area contributed by atoms with Crippen molar-refractivity contribution in [2.45, 2.75) is 20.3 Å². The fourth-order valence-electron chi connectivity index (χ4n) is 2.03. The summed E-state index contributed by atoms with van der Waals surface area (Å²) < 4.78 is 11.4. The summed E-state index contributed by atoms with van der Waals surface area (Å²) in [7, 11) is 0. The maximum absolute atomic E-state index is 6.05. The van der Waals surface area contributed by atoms with Crippen LogP contribution in [0.1, 0.15) is 20.3 Å². The Kier molecular flexibility index (Phi) is 7.08. The van der Waals surface area contributed by atoms with Crippen LogP contribution in [0.25, 0.3) is 0 Å². The minimum Gasteiger partial charge on any atom is -0.494 e. The molecule has 0 spiro atoms. The molecule has 124 valence electrons. The number of hydrogen-bond donors (Lipinski definition) is 1. The summed E-state index contributed by atoms with van der Waals surface area (Å²) in [5, 5.41) is 3.96. The first-order valence-electron chi connectivity index (χ1n) is 7.99. The third kappa shape index (κ3) is 6.41. The molecule has 0 radical (unpaired) electrons. The van der Waals surface area contributed by atoms with E-state index in [-0.39, 0.29) is 0 Å².